The predicted octanol–water partition coefficient (Wildman–Crippen LogP) is 2.00. The first-order chi connectivity index (χ1) is 9.29. The molecule has 0 radical (unpaired) electrons. The van der Waals surface area contributed by atoms with Crippen molar-refractivity contribution >= 4 is 44.1 Å². The number of sulfonamides is 1. The molecule has 0 saturated carbocycles. The molecule has 106 valence electrons. The van der Waals surface area contributed by atoms with E-state index in [-0.39, 0.29) is 20.6 Å². The molecule has 0 fully saturated rings. The summed E-state index contributed by atoms with van der Waals surface area (Å²) in [5, 5.41) is 16.8. The van der Waals surface area contributed by atoms with Crippen molar-refractivity contribution in [1.29, 1.82) is 0 Å². The molecule has 0 aliphatic heterocycles. The maximum atomic E-state index is 12.2. The van der Waals surface area contributed by atoms with E-state index in [0.717, 1.165) is 17.4 Å². The third kappa shape index (κ3) is 3.06. The van der Waals surface area contributed by atoms with E-state index in [1.54, 1.807) is 6.92 Å². The average molecular weight is 334 g/mol. The topological polar surface area (TPSA) is 109 Å². The van der Waals surface area contributed by atoms with Gasteiger partial charge in [0.25, 0.3) is 10.0 Å². The van der Waals surface area contributed by atoms with Crippen LogP contribution in [0.3, 0.4) is 0 Å². The zero-order valence-corrected chi connectivity index (χ0v) is 12.4. The third-order valence-electron chi connectivity index (χ3n) is 2.22. The summed E-state index contributed by atoms with van der Waals surface area (Å²) in [7, 11) is -4.02. The van der Waals surface area contributed by atoms with Gasteiger partial charge in [-0.05, 0) is 25.1 Å². The Balaban J connectivity index is 2.43. The molecule has 2 rings (SSSR count). The lowest BCUT2D eigenvalue weighted by molar-refractivity contribution is 0.0696. The van der Waals surface area contributed by atoms with Crippen LogP contribution >= 0.6 is 22.9 Å². The molecule has 0 spiro atoms. The first kappa shape index (κ1) is 14.7. The Morgan fingerprint density at radius 2 is 2.10 bits per heavy atom. The summed E-state index contributed by atoms with van der Waals surface area (Å²) in [5.41, 5.74) is -0.178. The Bertz CT molecular complexity index is 773. The zero-order valence-electron chi connectivity index (χ0n) is 9.99. The van der Waals surface area contributed by atoms with Crippen LogP contribution in [0.25, 0.3) is 0 Å². The van der Waals surface area contributed by atoms with E-state index in [4.69, 9.17) is 16.7 Å². The molecule has 0 aliphatic carbocycles. The number of carboxylic acid groups (broad SMARTS) is 1. The zero-order chi connectivity index (χ0) is 14.9. The Hall–Kier alpha value is -1.71. The van der Waals surface area contributed by atoms with Gasteiger partial charge in [0.2, 0.25) is 5.13 Å². The van der Waals surface area contributed by atoms with Crippen molar-refractivity contribution in [1.82, 2.24) is 10.2 Å². The Labute approximate surface area is 123 Å². The molecule has 0 amide bonds. The van der Waals surface area contributed by atoms with Crippen LogP contribution in [0.2, 0.25) is 5.02 Å². The highest BCUT2D eigenvalue weighted by Gasteiger charge is 2.21. The number of aryl methyl sites for hydroxylation is 1. The van der Waals surface area contributed by atoms with E-state index >= 15 is 0 Å². The number of halogens is 1. The van der Waals surface area contributed by atoms with Gasteiger partial charge in [0.05, 0.1) is 10.6 Å². The van der Waals surface area contributed by atoms with Crippen molar-refractivity contribution in [3.8, 4) is 0 Å². The molecule has 2 aromatic rings. The van der Waals surface area contributed by atoms with Crippen molar-refractivity contribution in [3.05, 3.63) is 33.8 Å². The first-order valence-corrected chi connectivity index (χ1v) is 7.83. The molecule has 0 bridgehead atoms. The number of aromatic carboxylic acids is 1. The number of carboxylic acids is 1. The van der Waals surface area contributed by atoms with E-state index in [0.29, 0.717) is 5.01 Å². The van der Waals surface area contributed by atoms with Gasteiger partial charge >= 0.3 is 5.97 Å². The number of aromatic nitrogens is 2. The van der Waals surface area contributed by atoms with Gasteiger partial charge in [-0.15, -0.1) is 10.2 Å². The van der Waals surface area contributed by atoms with Crippen LogP contribution in [0.1, 0.15) is 15.4 Å². The largest absolute Gasteiger partial charge is 0.478 e. The molecule has 7 nitrogen and oxygen atoms in total. The quantitative estimate of drug-likeness (QED) is 0.885. The van der Waals surface area contributed by atoms with Crippen molar-refractivity contribution in [2.24, 2.45) is 0 Å². The second-order valence-electron chi connectivity index (χ2n) is 3.68. The Morgan fingerprint density at radius 3 is 2.65 bits per heavy atom. The van der Waals surface area contributed by atoms with Crippen LogP contribution < -0.4 is 4.72 Å². The van der Waals surface area contributed by atoms with Crippen LogP contribution in [-0.2, 0) is 10.0 Å². The molecule has 1 aromatic carbocycles. The summed E-state index contributed by atoms with van der Waals surface area (Å²) in [6.07, 6.45) is 0. The van der Waals surface area contributed by atoms with Crippen LogP contribution in [0.15, 0.2) is 23.1 Å². The van der Waals surface area contributed by atoms with E-state index in [2.05, 4.69) is 14.9 Å². The summed E-state index contributed by atoms with van der Waals surface area (Å²) >= 11 is 6.87. The third-order valence-corrected chi connectivity index (χ3v) is 4.92. The number of nitrogens with zero attached hydrogens (tertiary/aromatic N) is 2. The number of anilines is 1. The molecule has 10 heteroatoms. The van der Waals surface area contributed by atoms with Crippen LogP contribution in [-0.4, -0.2) is 29.7 Å². The number of hydrogen-bond acceptors (Lipinski definition) is 6. The molecule has 0 saturated heterocycles. The number of hydrogen-bond donors (Lipinski definition) is 2. The maximum Gasteiger partial charge on any atom is 0.335 e. The van der Waals surface area contributed by atoms with Gasteiger partial charge in [0.15, 0.2) is 0 Å². The minimum absolute atomic E-state index is 0.0799. The predicted molar refractivity (Wildman–Crippen MR) is 73.9 cm³/mol. The van der Waals surface area contributed by atoms with Gasteiger partial charge in [0.1, 0.15) is 9.90 Å². The van der Waals surface area contributed by atoms with E-state index in [9.17, 15) is 13.2 Å². The van der Waals surface area contributed by atoms with Crippen molar-refractivity contribution in [2.45, 2.75) is 11.8 Å². The Morgan fingerprint density at radius 1 is 1.40 bits per heavy atom. The molecule has 0 aliphatic rings. The van der Waals surface area contributed by atoms with E-state index in [1.165, 1.54) is 12.1 Å². The normalized spacial score (nSPS) is 11.3. The molecule has 1 aromatic heterocycles. The van der Waals surface area contributed by atoms with Gasteiger partial charge in [-0.3, -0.25) is 4.72 Å². The van der Waals surface area contributed by atoms with Gasteiger partial charge in [-0.25, -0.2) is 13.2 Å². The van der Waals surface area contributed by atoms with Gasteiger partial charge in [0, 0.05) is 0 Å². The molecule has 0 atom stereocenters. The summed E-state index contributed by atoms with van der Waals surface area (Å²) in [5.74, 6) is -1.25. The fourth-order valence-corrected chi connectivity index (χ4v) is 3.70. The minimum Gasteiger partial charge on any atom is -0.478 e. The SMILES string of the molecule is Cc1nnc(NS(=O)(=O)c2cc(C(=O)O)ccc2Cl)s1. The first-order valence-electron chi connectivity index (χ1n) is 5.15. The summed E-state index contributed by atoms with van der Waals surface area (Å²) < 4.78 is 26.5. The summed E-state index contributed by atoms with van der Waals surface area (Å²) in [6, 6.07) is 3.42. The van der Waals surface area contributed by atoms with Crippen LogP contribution in [0.5, 0.6) is 0 Å². The lowest BCUT2D eigenvalue weighted by atomic mass is 10.2. The van der Waals surface area contributed by atoms with Gasteiger partial charge < -0.3 is 5.11 Å². The standard InChI is InChI=1S/C10H8ClN3O4S2/c1-5-12-13-10(19-5)14-20(17,18)8-4-6(9(15)16)2-3-7(8)11/h2-4H,1H3,(H,13,14)(H,15,16). The summed E-state index contributed by atoms with van der Waals surface area (Å²) in [4.78, 5) is 10.5. The van der Waals surface area contributed by atoms with Crippen LogP contribution in [0, 0.1) is 6.92 Å². The fraction of sp³-hybridized carbons (Fsp3) is 0.100. The summed E-state index contributed by atoms with van der Waals surface area (Å²) in [6.45, 7) is 1.67. The van der Waals surface area contributed by atoms with Crippen molar-refractivity contribution < 1.29 is 18.3 Å². The second-order valence-corrected chi connectivity index (χ2v) is 6.92. The van der Waals surface area contributed by atoms with E-state index in [1.807, 2.05) is 0 Å². The second kappa shape index (κ2) is 5.35. The maximum absolute atomic E-state index is 12.2. The molecule has 0 unspecified atom stereocenters. The van der Waals surface area contributed by atoms with Gasteiger partial charge in [-0.1, -0.05) is 22.9 Å². The van der Waals surface area contributed by atoms with Gasteiger partial charge in [-0.2, -0.15) is 0 Å². The molecule has 1 heterocycles. The number of rotatable bonds is 4. The van der Waals surface area contributed by atoms with Crippen molar-refractivity contribution in [3.63, 3.8) is 0 Å². The highest BCUT2D eigenvalue weighted by molar-refractivity contribution is 7.93. The molecule has 2 N–H and O–H groups in total. The molecule has 20 heavy (non-hydrogen) atoms. The molecular formula is C10H8ClN3O4S2. The number of nitrogens with one attached hydrogen (secondary N) is 1. The van der Waals surface area contributed by atoms with Crippen molar-refractivity contribution in [2.75, 3.05) is 4.72 Å². The lowest BCUT2D eigenvalue weighted by Crippen LogP contribution is -2.14. The van der Waals surface area contributed by atoms with E-state index < -0.39 is 16.0 Å². The average Bonchev–Trinajstić information content (AvgIpc) is 2.73. The minimum atomic E-state index is -4.02. The fourth-order valence-electron chi connectivity index (χ4n) is 1.35. The lowest BCUT2D eigenvalue weighted by Gasteiger charge is -2.07. The number of benzene rings is 1. The highest BCUT2D eigenvalue weighted by atomic mass is 35.5. The smallest absolute Gasteiger partial charge is 0.335 e. The monoisotopic (exact) mass is 333 g/mol. The number of carbonyl (C=O) groups is 1. The van der Waals surface area contributed by atoms with Crippen LogP contribution in [0.4, 0.5) is 5.13 Å². The Kier molecular flexibility index (Phi) is 3.93. The highest BCUT2D eigenvalue weighted by Crippen LogP contribution is 2.26. The molecular weight excluding hydrogens is 326 g/mol.